The van der Waals surface area contributed by atoms with Crippen LogP contribution in [0.5, 0.6) is 0 Å². The summed E-state index contributed by atoms with van der Waals surface area (Å²) in [5.74, 6) is 0. The SMILES string of the molecule is CCCCCCP(CCCCCC)c1cc2c(C)ccc(C)c2[cH-]1.CCCCCCP(CCCCCC)c1cc2c(C)ccc(C)c2[cH-]1.[Cl][Ti][Cl]. The fourth-order valence-corrected chi connectivity index (χ4v) is 12.3. The first-order chi connectivity index (χ1) is 24.8. The van der Waals surface area contributed by atoms with Crippen molar-refractivity contribution < 1.29 is 17.0 Å². The molecule has 0 spiro atoms. The molecule has 0 radical (unpaired) electrons. The van der Waals surface area contributed by atoms with Gasteiger partial charge >= 0.3 is 35.6 Å². The standard InChI is InChI=1S/2C23H36P.2ClH.Ti/c2*1-5-7-9-11-15-24(16-12-10-8-6-2)21-17-22-19(3)13-14-20(4)23(22)18-21;;;/h2*13-14,17-18H,5-12,15-16H2,1-4H3;2*1H;/q2*-1;;;+2/p-2. The van der Waals surface area contributed by atoms with Gasteiger partial charge in [-0.1, -0.05) is 158 Å². The Bertz CT molecular complexity index is 1260. The van der Waals surface area contributed by atoms with Gasteiger partial charge in [0, 0.05) is 0 Å². The Morgan fingerprint density at radius 3 is 0.980 bits per heavy atom. The van der Waals surface area contributed by atoms with Crippen LogP contribution in [0.2, 0.25) is 0 Å². The van der Waals surface area contributed by atoms with Crippen LogP contribution in [0.15, 0.2) is 48.5 Å². The van der Waals surface area contributed by atoms with E-state index in [9.17, 15) is 0 Å². The summed E-state index contributed by atoms with van der Waals surface area (Å²) in [6, 6.07) is 19.3. The summed E-state index contributed by atoms with van der Waals surface area (Å²) in [7, 11) is 9.86. The molecule has 0 fully saturated rings. The second kappa shape index (κ2) is 28.3. The van der Waals surface area contributed by atoms with Crippen molar-refractivity contribution >= 4 is 66.6 Å². The topological polar surface area (TPSA) is 0 Å². The molecule has 5 heteroatoms. The van der Waals surface area contributed by atoms with E-state index < -0.39 is 17.0 Å². The maximum atomic E-state index is 4.89. The average molecular weight is 806 g/mol. The summed E-state index contributed by atoms with van der Waals surface area (Å²) in [6.07, 6.45) is 28.1. The first-order valence-electron chi connectivity index (χ1n) is 20.5. The van der Waals surface area contributed by atoms with Crippen molar-refractivity contribution in [1.82, 2.24) is 0 Å². The molecule has 0 N–H and O–H groups in total. The van der Waals surface area contributed by atoms with E-state index >= 15 is 0 Å². The molecule has 4 aromatic rings. The molecule has 0 aliphatic heterocycles. The van der Waals surface area contributed by atoms with E-state index in [1.165, 1.54) is 171 Å². The first-order valence-corrected chi connectivity index (χ1v) is 28.3. The van der Waals surface area contributed by atoms with Gasteiger partial charge < -0.3 is 0 Å². The summed E-state index contributed by atoms with van der Waals surface area (Å²) in [5.41, 5.74) is 5.75. The van der Waals surface area contributed by atoms with E-state index in [-0.39, 0.29) is 15.8 Å². The van der Waals surface area contributed by atoms with Gasteiger partial charge in [-0.2, -0.15) is 12.1 Å². The van der Waals surface area contributed by atoms with E-state index in [4.69, 9.17) is 18.6 Å². The fourth-order valence-electron chi connectivity index (χ4n) is 7.17. The molecule has 0 aliphatic carbocycles. The number of fused-ring (bicyclic) bond motifs is 2. The number of hydrogen-bond acceptors (Lipinski definition) is 0. The minimum absolute atomic E-state index is 0.0394. The maximum absolute atomic E-state index is 4.89. The zero-order valence-electron chi connectivity index (χ0n) is 33.9. The van der Waals surface area contributed by atoms with Crippen LogP contribution < -0.4 is 10.6 Å². The summed E-state index contributed by atoms with van der Waals surface area (Å²) >= 11 is -0.556. The van der Waals surface area contributed by atoms with E-state index in [0.717, 1.165) is 0 Å². The molecular weight excluding hydrogens is 733 g/mol. The third kappa shape index (κ3) is 17.0. The Hall–Kier alpha value is -0.186. The first kappa shape index (κ1) is 47.0. The molecule has 0 saturated carbocycles. The van der Waals surface area contributed by atoms with E-state index in [1.807, 2.05) is 0 Å². The summed E-state index contributed by atoms with van der Waals surface area (Å²) in [5, 5.41) is 9.34. The van der Waals surface area contributed by atoms with Crippen molar-refractivity contribution in [2.45, 2.75) is 158 Å². The summed E-state index contributed by atoms with van der Waals surface area (Å²) in [6.45, 7) is 18.3. The van der Waals surface area contributed by atoms with Crippen molar-refractivity contribution in [3.63, 3.8) is 0 Å². The van der Waals surface area contributed by atoms with Crippen molar-refractivity contribution in [3.05, 3.63) is 70.8 Å². The Labute approximate surface area is 334 Å². The Morgan fingerprint density at radius 1 is 0.451 bits per heavy atom. The van der Waals surface area contributed by atoms with Crippen LogP contribution in [-0.4, -0.2) is 24.6 Å². The van der Waals surface area contributed by atoms with Crippen LogP contribution in [0.25, 0.3) is 21.5 Å². The molecule has 0 saturated heterocycles. The van der Waals surface area contributed by atoms with Gasteiger partial charge in [0.25, 0.3) is 0 Å². The number of halogens is 2. The third-order valence-corrected chi connectivity index (χ3v) is 15.9. The number of rotatable bonds is 22. The van der Waals surface area contributed by atoms with Crippen molar-refractivity contribution in [3.8, 4) is 0 Å². The van der Waals surface area contributed by atoms with Crippen molar-refractivity contribution in [1.29, 1.82) is 0 Å². The van der Waals surface area contributed by atoms with Crippen LogP contribution in [0.4, 0.5) is 0 Å². The van der Waals surface area contributed by atoms with Crippen molar-refractivity contribution in [2.75, 3.05) is 24.6 Å². The van der Waals surface area contributed by atoms with Gasteiger partial charge in [0.15, 0.2) is 0 Å². The number of benzene rings is 2. The molecular formula is C46H72Cl2P2Ti-2. The quantitative estimate of drug-likeness (QED) is 0.0321. The van der Waals surface area contributed by atoms with Gasteiger partial charge in [-0.15, -0.1) is 67.5 Å². The monoisotopic (exact) mass is 804 g/mol. The minimum atomic E-state index is -0.556. The molecule has 51 heavy (non-hydrogen) atoms. The van der Waals surface area contributed by atoms with Crippen LogP contribution in [0.3, 0.4) is 0 Å². The number of hydrogen-bond donors (Lipinski definition) is 0. The summed E-state index contributed by atoms with van der Waals surface area (Å²) < 4.78 is 0. The Kier molecular flexibility index (Phi) is 26.0. The molecule has 0 unspecified atom stereocenters. The molecule has 0 amide bonds. The van der Waals surface area contributed by atoms with E-state index in [0.29, 0.717) is 0 Å². The van der Waals surface area contributed by atoms with Crippen molar-refractivity contribution in [2.24, 2.45) is 0 Å². The van der Waals surface area contributed by atoms with Gasteiger partial charge in [-0.25, -0.2) is 0 Å². The van der Waals surface area contributed by atoms with E-state index in [1.54, 1.807) is 10.6 Å². The van der Waals surface area contributed by atoms with Gasteiger partial charge in [-0.05, 0) is 64.2 Å². The molecule has 0 aromatic heterocycles. The second-order valence-electron chi connectivity index (χ2n) is 14.8. The molecule has 286 valence electrons. The predicted octanol–water partition coefficient (Wildman–Crippen LogP) is 16.3. The van der Waals surface area contributed by atoms with Gasteiger partial charge in [0.2, 0.25) is 0 Å². The Morgan fingerprint density at radius 2 is 0.725 bits per heavy atom. The average Bonchev–Trinajstić information content (AvgIpc) is 3.79. The molecule has 4 aromatic carbocycles. The summed E-state index contributed by atoms with van der Waals surface area (Å²) in [4.78, 5) is 0. The zero-order chi connectivity index (χ0) is 37.4. The second-order valence-corrected chi connectivity index (χ2v) is 22.3. The third-order valence-electron chi connectivity index (χ3n) is 10.5. The molecule has 0 atom stereocenters. The molecule has 4 rings (SSSR count). The van der Waals surface area contributed by atoms with E-state index in [2.05, 4.69) is 104 Å². The molecule has 0 heterocycles. The molecule has 0 bridgehead atoms. The normalized spacial score (nSPS) is 11.3. The van der Waals surface area contributed by atoms with Crippen LogP contribution >= 0.6 is 34.5 Å². The van der Waals surface area contributed by atoms with Gasteiger partial charge in [-0.3, -0.25) is 0 Å². The van der Waals surface area contributed by atoms with Crippen LogP contribution in [-0.2, 0) is 17.0 Å². The van der Waals surface area contributed by atoms with Gasteiger partial charge in [0.1, 0.15) is 0 Å². The van der Waals surface area contributed by atoms with Crippen LogP contribution in [0.1, 0.15) is 153 Å². The zero-order valence-corrected chi connectivity index (χ0v) is 38.8. The molecule has 0 aliphatic rings. The van der Waals surface area contributed by atoms with Crippen LogP contribution in [0, 0.1) is 27.7 Å². The number of aryl methyl sites for hydroxylation is 4. The number of unbranched alkanes of at least 4 members (excludes halogenated alkanes) is 12. The predicted molar refractivity (Wildman–Crippen MR) is 239 cm³/mol. The van der Waals surface area contributed by atoms with Gasteiger partial charge in [0.05, 0.1) is 0 Å². The fraction of sp³-hybridized carbons (Fsp3) is 0.609. The molecule has 0 nitrogen and oxygen atoms in total. The Balaban J connectivity index is 0.000000328.